The lowest BCUT2D eigenvalue weighted by atomic mass is 10.00. The molecule has 0 saturated carbocycles. The van der Waals surface area contributed by atoms with E-state index in [0.717, 1.165) is 51.4 Å². The monoisotopic (exact) mass is 790 g/mol. The van der Waals surface area contributed by atoms with Crippen molar-refractivity contribution in [3.8, 4) is 0 Å². The maximum Gasteiger partial charge on any atom is 0.249 e. The van der Waals surface area contributed by atoms with Crippen molar-refractivity contribution >= 4 is 5.91 Å². The van der Waals surface area contributed by atoms with E-state index in [1.165, 1.54) is 161 Å². The fraction of sp³-hybridized carbons (Fsp3) is 0.860. The molecule has 330 valence electrons. The van der Waals surface area contributed by atoms with Crippen molar-refractivity contribution in [3.63, 3.8) is 0 Å². The lowest BCUT2D eigenvalue weighted by Crippen LogP contribution is -2.53. The highest BCUT2D eigenvalue weighted by molar-refractivity contribution is 5.80. The highest BCUT2D eigenvalue weighted by atomic mass is 16.3. The van der Waals surface area contributed by atoms with Crippen LogP contribution in [-0.4, -0.2) is 57.3 Å². The normalized spacial score (nSPS) is 14.3. The van der Waals surface area contributed by atoms with Gasteiger partial charge < -0.3 is 25.7 Å². The number of unbranched alkanes of at least 4 members (excludes halogenated alkanes) is 29. The molecule has 0 saturated heterocycles. The Balaban J connectivity index is 3.74. The SMILES string of the molecule is CCCCCCC/C=C/CC/C=C/CC/C=C/CCCC(O)C(O)C(CO)NC(=O)C(O)CCCCCCCCCCCCCCCCCCCCCCCC. The van der Waals surface area contributed by atoms with Crippen LogP contribution in [0.15, 0.2) is 36.5 Å². The van der Waals surface area contributed by atoms with E-state index in [0.29, 0.717) is 19.3 Å². The maximum atomic E-state index is 12.5. The van der Waals surface area contributed by atoms with Gasteiger partial charge in [0, 0.05) is 0 Å². The molecule has 4 unspecified atom stereocenters. The van der Waals surface area contributed by atoms with Crippen molar-refractivity contribution in [1.29, 1.82) is 0 Å². The van der Waals surface area contributed by atoms with Crippen LogP contribution in [0, 0.1) is 0 Å². The molecule has 0 fully saturated rings. The minimum atomic E-state index is -1.29. The van der Waals surface area contributed by atoms with Gasteiger partial charge in [-0.25, -0.2) is 0 Å². The molecule has 1 amide bonds. The topological polar surface area (TPSA) is 110 Å². The number of rotatable bonds is 44. The molecule has 0 rings (SSSR count). The Morgan fingerprint density at radius 1 is 0.429 bits per heavy atom. The largest absolute Gasteiger partial charge is 0.394 e. The Labute approximate surface area is 347 Å². The van der Waals surface area contributed by atoms with Crippen LogP contribution < -0.4 is 5.32 Å². The van der Waals surface area contributed by atoms with Crippen molar-refractivity contribution in [1.82, 2.24) is 5.32 Å². The average molecular weight is 790 g/mol. The fourth-order valence-corrected chi connectivity index (χ4v) is 7.44. The summed E-state index contributed by atoms with van der Waals surface area (Å²) in [5, 5.41) is 43.8. The third-order valence-corrected chi connectivity index (χ3v) is 11.3. The van der Waals surface area contributed by atoms with Crippen LogP contribution in [0.4, 0.5) is 0 Å². The first-order valence-corrected chi connectivity index (χ1v) is 24.4. The molecule has 0 aliphatic rings. The summed E-state index contributed by atoms with van der Waals surface area (Å²) in [4.78, 5) is 12.5. The second-order valence-corrected chi connectivity index (χ2v) is 16.8. The third-order valence-electron chi connectivity index (χ3n) is 11.3. The molecular weight excluding hydrogens is 695 g/mol. The van der Waals surface area contributed by atoms with Gasteiger partial charge in [0.2, 0.25) is 5.91 Å². The highest BCUT2D eigenvalue weighted by Crippen LogP contribution is 2.16. The molecule has 0 heterocycles. The smallest absolute Gasteiger partial charge is 0.249 e. The van der Waals surface area contributed by atoms with Crippen molar-refractivity contribution in [2.24, 2.45) is 0 Å². The van der Waals surface area contributed by atoms with Gasteiger partial charge >= 0.3 is 0 Å². The van der Waals surface area contributed by atoms with E-state index in [-0.39, 0.29) is 0 Å². The summed E-state index contributed by atoms with van der Waals surface area (Å²) < 4.78 is 0. The summed E-state index contributed by atoms with van der Waals surface area (Å²) in [6.45, 7) is 4.04. The van der Waals surface area contributed by atoms with E-state index in [2.05, 4.69) is 55.6 Å². The van der Waals surface area contributed by atoms with Gasteiger partial charge in [0.1, 0.15) is 12.2 Å². The quantitative estimate of drug-likeness (QED) is 0.0312. The average Bonchev–Trinajstić information content (AvgIpc) is 3.20. The molecule has 0 aliphatic heterocycles. The zero-order chi connectivity index (χ0) is 41.0. The lowest BCUT2D eigenvalue weighted by molar-refractivity contribution is -0.132. The maximum absolute atomic E-state index is 12.5. The van der Waals surface area contributed by atoms with E-state index in [9.17, 15) is 25.2 Å². The van der Waals surface area contributed by atoms with Crippen LogP contribution in [-0.2, 0) is 4.79 Å². The van der Waals surface area contributed by atoms with Crippen molar-refractivity contribution < 1.29 is 25.2 Å². The van der Waals surface area contributed by atoms with Crippen molar-refractivity contribution in [3.05, 3.63) is 36.5 Å². The number of amides is 1. The van der Waals surface area contributed by atoms with Crippen LogP contribution in [0.25, 0.3) is 0 Å². The number of hydrogen-bond donors (Lipinski definition) is 5. The zero-order valence-electron chi connectivity index (χ0n) is 37.1. The molecule has 0 radical (unpaired) electrons. The Morgan fingerprint density at radius 3 is 1.12 bits per heavy atom. The molecule has 0 bridgehead atoms. The molecule has 4 atom stereocenters. The van der Waals surface area contributed by atoms with Crippen molar-refractivity contribution in [2.45, 2.75) is 269 Å². The number of hydrogen-bond acceptors (Lipinski definition) is 5. The summed E-state index contributed by atoms with van der Waals surface area (Å²) in [6.07, 6.45) is 53.3. The van der Waals surface area contributed by atoms with E-state index in [1.807, 2.05) is 0 Å². The number of aliphatic hydroxyl groups excluding tert-OH is 4. The summed E-state index contributed by atoms with van der Waals surface area (Å²) in [6, 6.07) is -1.01. The highest BCUT2D eigenvalue weighted by Gasteiger charge is 2.28. The van der Waals surface area contributed by atoms with E-state index < -0.39 is 36.9 Å². The van der Waals surface area contributed by atoms with Crippen molar-refractivity contribution in [2.75, 3.05) is 6.61 Å². The number of aliphatic hydroxyl groups is 4. The van der Waals surface area contributed by atoms with Gasteiger partial charge in [0.25, 0.3) is 0 Å². The predicted molar refractivity (Wildman–Crippen MR) is 242 cm³/mol. The summed E-state index contributed by atoms with van der Waals surface area (Å²) >= 11 is 0. The first-order valence-electron chi connectivity index (χ1n) is 24.4. The Kier molecular flexibility index (Phi) is 43.5. The third kappa shape index (κ3) is 38.1. The van der Waals surface area contributed by atoms with Gasteiger partial charge in [-0.05, 0) is 64.2 Å². The molecule has 6 heteroatoms. The van der Waals surface area contributed by atoms with Gasteiger partial charge in [-0.15, -0.1) is 0 Å². The molecule has 0 aromatic carbocycles. The fourth-order valence-electron chi connectivity index (χ4n) is 7.44. The number of carbonyl (C=O) groups is 1. The van der Waals surface area contributed by atoms with Gasteiger partial charge in [0.05, 0.1) is 18.8 Å². The lowest BCUT2D eigenvalue weighted by Gasteiger charge is -2.27. The number of allylic oxidation sites excluding steroid dienone is 6. The van der Waals surface area contributed by atoms with Crippen LogP contribution in [0.1, 0.15) is 245 Å². The minimum absolute atomic E-state index is 0.362. The molecule has 0 aliphatic carbocycles. The summed E-state index contributed by atoms with van der Waals surface area (Å²) in [7, 11) is 0. The second-order valence-electron chi connectivity index (χ2n) is 16.8. The molecule has 5 N–H and O–H groups in total. The van der Waals surface area contributed by atoms with Crippen LogP contribution >= 0.6 is 0 Å². The van der Waals surface area contributed by atoms with Gasteiger partial charge in [-0.3, -0.25) is 4.79 Å². The standard InChI is InChI=1S/C50H95NO5/c1-3-5-7-9-11-13-15-17-19-21-23-24-25-26-28-30-32-34-36-38-40-42-44-48(54)50(56)51-46(45-52)49(55)47(53)43-41-39-37-35-33-31-29-27-22-20-18-16-14-12-10-8-6-4-2/h16,18,27,29,35,37,46-49,52-55H,3-15,17,19-26,28,30-34,36,38-45H2,1-2H3,(H,51,56)/b18-16+,29-27+,37-35+. The van der Waals surface area contributed by atoms with Gasteiger partial charge in [-0.1, -0.05) is 217 Å². The number of carbonyl (C=O) groups excluding carboxylic acids is 1. The molecule has 56 heavy (non-hydrogen) atoms. The van der Waals surface area contributed by atoms with Crippen LogP contribution in [0.2, 0.25) is 0 Å². The molecule has 0 aromatic heterocycles. The number of nitrogens with one attached hydrogen (secondary N) is 1. The van der Waals surface area contributed by atoms with E-state index in [1.54, 1.807) is 0 Å². The molecular formula is C50H95NO5. The summed E-state index contributed by atoms with van der Waals surface area (Å²) in [5.41, 5.74) is 0. The van der Waals surface area contributed by atoms with Gasteiger partial charge in [-0.2, -0.15) is 0 Å². The first kappa shape index (κ1) is 54.5. The molecule has 6 nitrogen and oxygen atoms in total. The van der Waals surface area contributed by atoms with Crippen LogP contribution in [0.3, 0.4) is 0 Å². The first-order chi connectivity index (χ1) is 27.5. The van der Waals surface area contributed by atoms with Crippen LogP contribution in [0.5, 0.6) is 0 Å². The van der Waals surface area contributed by atoms with Gasteiger partial charge in [0.15, 0.2) is 0 Å². The Morgan fingerprint density at radius 2 is 0.750 bits per heavy atom. The predicted octanol–water partition coefficient (Wildman–Crippen LogP) is 13.3. The Hall–Kier alpha value is -1.47. The minimum Gasteiger partial charge on any atom is -0.394 e. The van der Waals surface area contributed by atoms with E-state index >= 15 is 0 Å². The zero-order valence-corrected chi connectivity index (χ0v) is 37.1. The summed E-state index contributed by atoms with van der Waals surface area (Å²) in [5.74, 6) is -0.597. The van der Waals surface area contributed by atoms with E-state index in [4.69, 9.17) is 0 Å². The molecule has 0 spiro atoms. The molecule has 0 aromatic rings. The second kappa shape index (κ2) is 44.6. The Bertz CT molecular complexity index is 889.